The summed E-state index contributed by atoms with van der Waals surface area (Å²) >= 11 is 0. The Hall–Kier alpha value is -6.06. The highest BCUT2D eigenvalue weighted by Gasteiger charge is 1.89. The van der Waals surface area contributed by atoms with Crippen molar-refractivity contribution in [2.45, 2.75) is 0 Å². The van der Waals surface area contributed by atoms with Gasteiger partial charge in [-0.15, -0.1) is 38.5 Å². The van der Waals surface area contributed by atoms with Crippen molar-refractivity contribution in [3.8, 4) is 110 Å². The molecule has 0 aliphatic heterocycles. The Labute approximate surface area is 177 Å². The summed E-state index contributed by atoms with van der Waals surface area (Å²) in [6.45, 7) is 0. The fourth-order valence-corrected chi connectivity index (χ4v) is 1.37. The Bertz CT molecular complexity index is 1270. The van der Waals surface area contributed by atoms with E-state index in [2.05, 4.69) is 105 Å². The zero-order chi connectivity index (χ0) is 22.2. The van der Waals surface area contributed by atoms with E-state index >= 15 is 0 Å². The lowest BCUT2D eigenvalue weighted by atomic mass is 10.2. The molecule has 0 amide bonds. The maximum absolute atomic E-state index is 5.41. The van der Waals surface area contributed by atoms with Crippen molar-refractivity contribution in [1.82, 2.24) is 0 Å². The van der Waals surface area contributed by atoms with Crippen molar-refractivity contribution >= 4 is 0 Å². The molecule has 1 aliphatic carbocycles. The number of hydrogen-bond donors (Lipinski definition) is 0. The standard InChI is InChI=1S/C30H6/c1-7-25-13-15-26(8-2)17-19-28(10-4)21-23-30(12-6)24-22-29(11-5)20-18-27(9-3)16-14-25/h1-6H. The minimum absolute atomic E-state index is 0.135. The summed E-state index contributed by atoms with van der Waals surface area (Å²) in [6, 6.07) is 0. The molecule has 126 valence electrons. The zero-order valence-electron chi connectivity index (χ0n) is 15.5. The van der Waals surface area contributed by atoms with Crippen LogP contribution in [0.15, 0.2) is 67.8 Å². The van der Waals surface area contributed by atoms with Crippen molar-refractivity contribution in [2.75, 3.05) is 0 Å². The minimum atomic E-state index is 0.135. The molecule has 30 heavy (non-hydrogen) atoms. The lowest BCUT2D eigenvalue weighted by Gasteiger charge is -1.82. The monoisotopic (exact) mass is 366 g/mol. The lowest BCUT2D eigenvalue weighted by Crippen LogP contribution is -1.75. The van der Waals surface area contributed by atoms with Crippen LogP contribution in [0.25, 0.3) is 0 Å². The largest absolute Gasteiger partial charge is 0.125 e. The summed E-state index contributed by atoms with van der Waals surface area (Å²) in [4.78, 5) is 0. The first kappa shape index (κ1) is 22.0. The Morgan fingerprint density at radius 2 is 0.433 bits per heavy atom. The molecule has 1 rings (SSSR count). The molecule has 1 aliphatic rings. The number of terminal acetylenes is 6. The van der Waals surface area contributed by atoms with E-state index in [1.54, 1.807) is 0 Å². The molecule has 0 heteroatoms. The summed E-state index contributed by atoms with van der Waals surface area (Å²) in [7, 11) is 0. The first-order valence-corrected chi connectivity index (χ1v) is 7.73. The SMILES string of the molecule is C#CC1=C=C=C(C#C)C#CC(C#C)=C=C=C(C#C)C#CC(C#C)=C=C=C(C#C)C#C1. The zero-order valence-corrected chi connectivity index (χ0v) is 15.5. The molecule has 0 spiro atoms. The third kappa shape index (κ3) is 7.45. The van der Waals surface area contributed by atoms with Crippen molar-refractivity contribution < 1.29 is 0 Å². The minimum Gasteiger partial charge on any atom is -0.113 e. The van der Waals surface area contributed by atoms with Gasteiger partial charge in [-0.3, -0.25) is 0 Å². The van der Waals surface area contributed by atoms with E-state index in [0.29, 0.717) is 0 Å². The van der Waals surface area contributed by atoms with E-state index in [9.17, 15) is 0 Å². The van der Waals surface area contributed by atoms with Gasteiger partial charge in [0.2, 0.25) is 0 Å². The Balaban J connectivity index is 4.21. The fourth-order valence-electron chi connectivity index (χ4n) is 1.37. The van der Waals surface area contributed by atoms with Gasteiger partial charge in [-0.1, -0.05) is 35.5 Å². The Morgan fingerprint density at radius 1 is 0.300 bits per heavy atom. The molecular weight excluding hydrogens is 360 g/mol. The van der Waals surface area contributed by atoms with Crippen molar-refractivity contribution in [3.05, 3.63) is 67.8 Å². The maximum atomic E-state index is 5.41. The topological polar surface area (TPSA) is 0 Å². The fraction of sp³-hybridized carbons (Fsp3) is 0. The molecule has 0 atom stereocenters. The van der Waals surface area contributed by atoms with Crippen molar-refractivity contribution in [3.63, 3.8) is 0 Å². The van der Waals surface area contributed by atoms with Gasteiger partial charge in [0, 0.05) is 0 Å². The Kier molecular flexibility index (Phi) is 9.03. The highest BCUT2D eigenvalue weighted by atomic mass is 13.9. The average molecular weight is 366 g/mol. The number of hydrogen-bond acceptors (Lipinski definition) is 0. The van der Waals surface area contributed by atoms with Crippen LogP contribution < -0.4 is 0 Å². The third-order valence-electron chi connectivity index (χ3n) is 2.74. The molecule has 0 radical (unpaired) electrons. The molecule has 0 unspecified atom stereocenters. The van der Waals surface area contributed by atoms with E-state index < -0.39 is 0 Å². The molecule has 0 fully saturated rings. The van der Waals surface area contributed by atoms with Crippen LogP contribution in [-0.2, 0) is 0 Å². The molecule has 0 N–H and O–H groups in total. The van der Waals surface area contributed by atoms with Crippen LogP contribution in [-0.4, -0.2) is 0 Å². The highest BCUT2D eigenvalue weighted by Crippen LogP contribution is 1.95. The molecule has 0 heterocycles. The van der Waals surface area contributed by atoms with Crippen LogP contribution in [0.1, 0.15) is 0 Å². The van der Waals surface area contributed by atoms with E-state index in [-0.39, 0.29) is 33.4 Å². The first-order valence-electron chi connectivity index (χ1n) is 7.73. The van der Waals surface area contributed by atoms with Crippen LogP contribution in [0.3, 0.4) is 0 Å². The van der Waals surface area contributed by atoms with Gasteiger partial charge in [-0.2, -0.15) is 0 Å². The predicted molar refractivity (Wildman–Crippen MR) is 118 cm³/mol. The maximum Gasteiger partial charge on any atom is 0.125 e. The molecule has 0 aromatic carbocycles. The van der Waals surface area contributed by atoms with Crippen LogP contribution in [0, 0.1) is 110 Å². The van der Waals surface area contributed by atoms with Gasteiger partial charge in [0.05, 0.1) is 0 Å². The van der Waals surface area contributed by atoms with Crippen LogP contribution in [0.5, 0.6) is 0 Å². The molecule has 0 aromatic rings. The molecular formula is C30H6. The predicted octanol–water partition coefficient (Wildman–Crippen LogP) is 2.63. The van der Waals surface area contributed by atoms with Gasteiger partial charge in [0.1, 0.15) is 33.4 Å². The van der Waals surface area contributed by atoms with Gasteiger partial charge >= 0.3 is 0 Å². The smallest absolute Gasteiger partial charge is 0.113 e. The number of rotatable bonds is 0. The lowest BCUT2D eigenvalue weighted by molar-refractivity contribution is 1.82. The second-order valence-corrected chi connectivity index (χ2v) is 4.62. The normalized spacial score (nSPS) is 11.4. The highest BCUT2D eigenvalue weighted by molar-refractivity contribution is 5.55. The van der Waals surface area contributed by atoms with E-state index in [1.165, 1.54) is 0 Å². The van der Waals surface area contributed by atoms with Crippen molar-refractivity contribution in [2.24, 2.45) is 0 Å². The first-order chi connectivity index (χ1) is 14.6. The molecule has 0 nitrogen and oxygen atoms in total. The van der Waals surface area contributed by atoms with Gasteiger partial charge < -0.3 is 0 Å². The quantitative estimate of drug-likeness (QED) is 0.457. The van der Waals surface area contributed by atoms with E-state index in [0.717, 1.165) is 0 Å². The number of allylic oxidation sites excluding steroid dienone is 6. The second kappa shape index (κ2) is 12.3. The third-order valence-corrected chi connectivity index (χ3v) is 2.74. The molecule has 0 saturated carbocycles. The van der Waals surface area contributed by atoms with Crippen LogP contribution >= 0.6 is 0 Å². The summed E-state index contributed by atoms with van der Waals surface area (Å²) in [5.41, 5.74) is 16.7. The summed E-state index contributed by atoms with van der Waals surface area (Å²) in [5, 5.41) is 0. The van der Waals surface area contributed by atoms with E-state index in [1.807, 2.05) is 0 Å². The van der Waals surface area contributed by atoms with Crippen molar-refractivity contribution in [1.29, 1.82) is 0 Å². The summed E-state index contributed by atoms with van der Waals surface area (Å²) in [5.74, 6) is 29.9. The van der Waals surface area contributed by atoms with Crippen LogP contribution in [0.2, 0.25) is 0 Å². The van der Waals surface area contributed by atoms with Gasteiger partial charge in [0.15, 0.2) is 0 Å². The summed E-state index contributed by atoms with van der Waals surface area (Å²) in [6.07, 6.45) is 32.4. The average Bonchev–Trinajstić information content (AvgIpc) is 2.78. The second-order valence-electron chi connectivity index (χ2n) is 4.62. The van der Waals surface area contributed by atoms with Gasteiger partial charge in [-0.25, -0.2) is 0 Å². The molecule has 0 aromatic heterocycles. The van der Waals surface area contributed by atoms with Gasteiger partial charge in [0.25, 0.3) is 0 Å². The molecule has 0 bridgehead atoms. The summed E-state index contributed by atoms with van der Waals surface area (Å²) < 4.78 is 0. The van der Waals surface area contributed by atoms with Crippen LogP contribution in [0.4, 0.5) is 0 Å². The Morgan fingerprint density at radius 3 is 0.533 bits per heavy atom. The van der Waals surface area contributed by atoms with Gasteiger partial charge in [-0.05, 0) is 69.9 Å². The van der Waals surface area contributed by atoms with E-state index in [4.69, 9.17) is 38.5 Å². The molecule has 0 saturated heterocycles.